The number of nitrogens with one attached hydrogen (secondary N) is 1. The second-order valence-electron chi connectivity index (χ2n) is 5.38. The first-order valence-electron chi connectivity index (χ1n) is 7.05. The molecule has 0 aliphatic carbocycles. The molecule has 1 rings (SSSR count). The van der Waals surface area contributed by atoms with Crippen LogP contribution in [0.1, 0.15) is 18.9 Å². The van der Waals surface area contributed by atoms with Crippen LogP contribution in [-0.2, 0) is 11.2 Å². The van der Waals surface area contributed by atoms with E-state index >= 15 is 0 Å². The third-order valence-corrected chi connectivity index (χ3v) is 6.36. The van der Waals surface area contributed by atoms with Crippen molar-refractivity contribution in [3.05, 3.63) is 22.3 Å². The maximum atomic E-state index is 12.3. The second-order valence-corrected chi connectivity index (χ2v) is 8.79. The van der Waals surface area contributed by atoms with Gasteiger partial charge in [-0.1, -0.05) is 6.92 Å². The molecular weight excluding hydrogens is 621 g/mol. The van der Waals surface area contributed by atoms with Gasteiger partial charge in [0.05, 0.1) is 7.14 Å². The monoisotopic (exact) mass is 642 g/mol. The molecule has 0 saturated heterocycles. The van der Waals surface area contributed by atoms with Gasteiger partial charge in [0.2, 0.25) is 5.91 Å². The Hall–Kier alpha value is 0.640. The predicted octanol–water partition coefficient (Wildman–Crippen LogP) is 3.45. The van der Waals surface area contributed by atoms with Gasteiger partial charge in [-0.05, 0) is 106 Å². The molecule has 0 radical (unpaired) electrons. The van der Waals surface area contributed by atoms with Gasteiger partial charge >= 0.3 is 0 Å². The number of likely N-dealkylation sites (N-methyl/N-ethyl adjacent to an activating group) is 1. The molecule has 1 atom stereocenters. The number of halogens is 3. The average molecular weight is 642 g/mol. The van der Waals surface area contributed by atoms with Crippen molar-refractivity contribution in [3.8, 4) is 5.75 Å². The molecular formula is C15H21I3N2O2. The van der Waals surface area contributed by atoms with Crippen LogP contribution in [0.5, 0.6) is 5.75 Å². The molecule has 1 aromatic rings. The number of phenols is 1. The number of carbonyl (C=O) groups excluding carboxylic acids is 1. The van der Waals surface area contributed by atoms with Gasteiger partial charge in [-0.2, -0.15) is 0 Å². The minimum absolute atomic E-state index is 0.0661. The lowest BCUT2D eigenvalue weighted by atomic mass is 9.96. The first-order valence-corrected chi connectivity index (χ1v) is 10.3. The zero-order valence-corrected chi connectivity index (χ0v) is 19.4. The number of hydrogen-bond donors (Lipinski definition) is 2. The van der Waals surface area contributed by atoms with Crippen molar-refractivity contribution in [2.45, 2.75) is 19.8 Å². The van der Waals surface area contributed by atoms with Crippen LogP contribution < -0.4 is 5.32 Å². The molecule has 0 aliphatic heterocycles. The van der Waals surface area contributed by atoms with E-state index in [1.54, 1.807) is 0 Å². The maximum Gasteiger partial charge on any atom is 0.223 e. The second kappa shape index (κ2) is 9.82. The number of hydrogen-bond acceptors (Lipinski definition) is 3. The zero-order chi connectivity index (χ0) is 16.9. The molecule has 0 bridgehead atoms. The molecule has 1 aromatic carbocycles. The number of carbonyl (C=O) groups is 1. The summed E-state index contributed by atoms with van der Waals surface area (Å²) in [5.74, 6) is 0.345. The van der Waals surface area contributed by atoms with Crippen LogP contribution >= 0.6 is 67.8 Å². The number of rotatable bonds is 7. The van der Waals surface area contributed by atoms with Gasteiger partial charge in [0, 0.05) is 22.6 Å². The van der Waals surface area contributed by atoms with Gasteiger partial charge in [-0.3, -0.25) is 4.79 Å². The highest BCUT2D eigenvalue weighted by Crippen LogP contribution is 2.34. The number of phenolic OH excluding ortho intramolecular Hbond substituents is 1. The number of benzene rings is 1. The summed E-state index contributed by atoms with van der Waals surface area (Å²) < 4.78 is 2.80. The molecule has 0 spiro atoms. The lowest BCUT2D eigenvalue weighted by Crippen LogP contribution is -2.36. The van der Waals surface area contributed by atoms with Crippen LogP contribution in [0.2, 0.25) is 0 Å². The Kier molecular flexibility index (Phi) is 9.23. The van der Waals surface area contributed by atoms with Crippen molar-refractivity contribution in [2.24, 2.45) is 5.92 Å². The van der Waals surface area contributed by atoms with E-state index < -0.39 is 0 Å². The van der Waals surface area contributed by atoms with Crippen molar-refractivity contribution < 1.29 is 9.90 Å². The number of aromatic hydroxyl groups is 1. The molecule has 0 fully saturated rings. The summed E-state index contributed by atoms with van der Waals surface area (Å²) in [6.45, 7) is 3.53. The van der Waals surface area contributed by atoms with E-state index in [4.69, 9.17) is 0 Å². The van der Waals surface area contributed by atoms with E-state index in [9.17, 15) is 9.90 Å². The van der Waals surface area contributed by atoms with E-state index in [0.29, 0.717) is 18.7 Å². The average Bonchev–Trinajstić information content (AvgIpc) is 2.44. The third-order valence-electron chi connectivity index (χ3n) is 3.41. The van der Waals surface area contributed by atoms with E-state index in [0.717, 1.165) is 29.2 Å². The zero-order valence-electron chi connectivity index (χ0n) is 12.9. The number of nitrogens with zero attached hydrogens (tertiary/aromatic N) is 1. The van der Waals surface area contributed by atoms with Crippen molar-refractivity contribution in [3.63, 3.8) is 0 Å². The Balaban J connectivity index is 2.82. The molecule has 0 aliphatic rings. The quantitative estimate of drug-likeness (QED) is 0.449. The molecule has 22 heavy (non-hydrogen) atoms. The van der Waals surface area contributed by atoms with Crippen LogP contribution in [0.3, 0.4) is 0 Å². The summed E-state index contributed by atoms with van der Waals surface area (Å²) in [5, 5.41) is 13.1. The van der Waals surface area contributed by atoms with E-state index in [1.165, 1.54) is 0 Å². The fraction of sp³-hybridized carbons (Fsp3) is 0.533. The van der Waals surface area contributed by atoms with Crippen molar-refractivity contribution in [1.29, 1.82) is 0 Å². The molecule has 0 unspecified atom stereocenters. The maximum absolute atomic E-state index is 12.3. The van der Waals surface area contributed by atoms with Gasteiger partial charge in [-0.15, -0.1) is 0 Å². The molecule has 4 nitrogen and oxygen atoms in total. The fourth-order valence-electron chi connectivity index (χ4n) is 2.02. The van der Waals surface area contributed by atoms with Gasteiger partial charge in [-0.25, -0.2) is 0 Å². The van der Waals surface area contributed by atoms with Crippen LogP contribution in [0.15, 0.2) is 6.07 Å². The Bertz CT molecular complexity index is 536. The standard InChI is InChI=1S/C15H21I3N2O2/c1-4-9(15(22)19-5-6-20(2)3)7-10-11(16)8-12(17)14(21)13(10)18/h8-9,21H,4-7H2,1-3H3,(H,19,22)/t9-/m1/s1. The van der Waals surface area contributed by atoms with Crippen molar-refractivity contribution >= 4 is 73.7 Å². The van der Waals surface area contributed by atoms with Gasteiger partial charge in [0.25, 0.3) is 0 Å². The Morgan fingerprint density at radius 2 is 1.95 bits per heavy atom. The first kappa shape index (κ1) is 20.7. The Labute approximate surface area is 173 Å². The Morgan fingerprint density at radius 3 is 2.50 bits per heavy atom. The summed E-state index contributed by atoms with van der Waals surface area (Å²) in [6, 6.07) is 1.96. The normalized spacial score (nSPS) is 12.5. The minimum Gasteiger partial charge on any atom is -0.506 e. The van der Waals surface area contributed by atoms with Gasteiger partial charge < -0.3 is 15.3 Å². The topological polar surface area (TPSA) is 52.6 Å². The number of amides is 1. The summed E-state index contributed by atoms with van der Waals surface area (Å²) in [4.78, 5) is 14.4. The van der Waals surface area contributed by atoms with Crippen molar-refractivity contribution in [1.82, 2.24) is 10.2 Å². The minimum atomic E-state index is -0.0661. The molecule has 124 valence electrons. The lowest BCUT2D eigenvalue weighted by Gasteiger charge is -2.19. The van der Waals surface area contributed by atoms with Crippen LogP contribution in [0.4, 0.5) is 0 Å². The summed E-state index contributed by atoms with van der Waals surface area (Å²) in [5.41, 5.74) is 1.06. The van der Waals surface area contributed by atoms with E-state index in [-0.39, 0.29) is 11.8 Å². The highest BCUT2D eigenvalue weighted by molar-refractivity contribution is 14.1. The van der Waals surface area contributed by atoms with E-state index in [1.807, 2.05) is 32.0 Å². The highest BCUT2D eigenvalue weighted by atomic mass is 127. The molecule has 0 aromatic heterocycles. The first-order chi connectivity index (χ1) is 10.3. The smallest absolute Gasteiger partial charge is 0.223 e. The summed E-state index contributed by atoms with van der Waals surface area (Å²) in [6.07, 6.45) is 1.44. The molecule has 0 saturated carbocycles. The Morgan fingerprint density at radius 1 is 1.32 bits per heavy atom. The van der Waals surface area contributed by atoms with E-state index in [2.05, 4.69) is 73.1 Å². The van der Waals surface area contributed by atoms with Crippen LogP contribution in [-0.4, -0.2) is 43.1 Å². The van der Waals surface area contributed by atoms with Gasteiger partial charge in [0.1, 0.15) is 5.75 Å². The molecule has 7 heteroatoms. The molecule has 1 amide bonds. The molecule has 2 N–H and O–H groups in total. The largest absolute Gasteiger partial charge is 0.506 e. The SMILES string of the molecule is CC[C@H](Cc1c(I)cc(I)c(O)c1I)C(=O)NCCN(C)C. The lowest BCUT2D eigenvalue weighted by molar-refractivity contribution is -0.125. The fourth-order valence-corrected chi connectivity index (χ4v) is 5.83. The molecule has 0 heterocycles. The van der Waals surface area contributed by atoms with Crippen molar-refractivity contribution in [2.75, 3.05) is 27.2 Å². The summed E-state index contributed by atoms with van der Waals surface area (Å²) >= 11 is 6.58. The highest BCUT2D eigenvalue weighted by Gasteiger charge is 2.21. The van der Waals surface area contributed by atoms with Crippen LogP contribution in [0, 0.1) is 16.6 Å². The van der Waals surface area contributed by atoms with Crippen LogP contribution in [0.25, 0.3) is 0 Å². The summed E-state index contributed by atoms with van der Waals surface area (Å²) in [7, 11) is 3.98. The third kappa shape index (κ3) is 5.93. The van der Waals surface area contributed by atoms with Gasteiger partial charge in [0.15, 0.2) is 0 Å². The predicted molar refractivity (Wildman–Crippen MR) is 115 cm³/mol.